The molecular weight excluding hydrogens is 276 g/mol. The minimum Gasteiger partial charge on any atom is -0.397 e. The molecule has 0 fully saturated rings. The monoisotopic (exact) mass is 284 g/mol. The zero-order valence-corrected chi connectivity index (χ0v) is 10.4. The molecule has 1 aromatic carbocycles. The molecule has 0 saturated carbocycles. The molecule has 3 nitrogen and oxygen atoms in total. The lowest BCUT2D eigenvalue weighted by molar-refractivity contribution is 0.0968. The van der Waals surface area contributed by atoms with Crippen LogP contribution in [0.3, 0.4) is 0 Å². The molecule has 5 heteroatoms. The van der Waals surface area contributed by atoms with Crippen molar-refractivity contribution in [2.75, 3.05) is 12.8 Å². The molecule has 0 aliphatic rings. The Bertz CT molecular complexity index is 535. The van der Waals surface area contributed by atoms with Crippen molar-refractivity contribution >= 4 is 48.9 Å². The first kappa shape index (κ1) is 10.4. The minimum atomic E-state index is -0.138. The number of benzene rings is 1. The van der Waals surface area contributed by atoms with E-state index < -0.39 is 0 Å². The zero-order valence-electron chi connectivity index (χ0n) is 8.00. The molecule has 0 saturated heterocycles. The first-order valence-corrected chi connectivity index (χ1v) is 5.94. The van der Waals surface area contributed by atoms with Gasteiger partial charge in [0.1, 0.15) is 4.88 Å². The highest BCUT2D eigenvalue weighted by atomic mass is 79.9. The lowest BCUT2D eigenvalue weighted by atomic mass is 10.2. The molecule has 0 unspecified atom stereocenters. The van der Waals surface area contributed by atoms with E-state index in [1.807, 2.05) is 18.2 Å². The Morgan fingerprint density at radius 3 is 2.87 bits per heavy atom. The van der Waals surface area contributed by atoms with E-state index in [1.54, 1.807) is 7.05 Å². The Kier molecular flexibility index (Phi) is 2.67. The molecule has 0 atom stereocenters. The van der Waals surface area contributed by atoms with Crippen LogP contribution in [0.15, 0.2) is 22.7 Å². The fourth-order valence-electron chi connectivity index (χ4n) is 1.41. The van der Waals surface area contributed by atoms with E-state index in [-0.39, 0.29) is 5.91 Å². The molecule has 3 N–H and O–H groups in total. The van der Waals surface area contributed by atoms with Crippen molar-refractivity contribution in [1.29, 1.82) is 0 Å². The van der Waals surface area contributed by atoms with Gasteiger partial charge in [-0.1, -0.05) is 22.0 Å². The van der Waals surface area contributed by atoms with Gasteiger partial charge in [0.15, 0.2) is 0 Å². The molecule has 1 amide bonds. The van der Waals surface area contributed by atoms with Gasteiger partial charge in [0, 0.05) is 21.6 Å². The molecule has 15 heavy (non-hydrogen) atoms. The van der Waals surface area contributed by atoms with Crippen molar-refractivity contribution in [3.8, 4) is 0 Å². The summed E-state index contributed by atoms with van der Waals surface area (Å²) in [6.45, 7) is 0. The first-order valence-electron chi connectivity index (χ1n) is 4.33. The highest BCUT2D eigenvalue weighted by Gasteiger charge is 2.16. The normalized spacial score (nSPS) is 10.5. The fourth-order valence-corrected chi connectivity index (χ4v) is 3.22. The van der Waals surface area contributed by atoms with Gasteiger partial charge in [-0.25, -0.2) is 0 Å². The number of carbonyl (C=O) groups excluding carboxylic acids is 1. The first-order chi connectivity index (χ1) is 7.15. The largest absolute Gasteiger partial charge is 0.397 e. The number of hydrogen-bond acceptors (Lipinski definition) is 3. The van der Waals surface area contributed by atoms with E-state index in [4.69, 9.17) is 5.73 Å². The fraction of sp³-hybridized carbons (Fsp3) is 0.100. The molecule has 1 heterocycles. The maximum absolute atomic E-state index is 11.5. The number of hydrogen-bond donors (Lipinski definition) is 2. The second kappa shape index (κ2) is 3.83. The van der Waals surface area contributed by atoms with Gasteiger partial charge >= 0.3 is 0 Å². The number of amides is 1. The summed E-state index contributed by atoms with van der Waals surface area (Å²) >= 11 is 4.83. The molecule has 78 valence electrons. The van der Waals surface area contributed by atoms with E-state index in [2.05, 4.69) is 21.2 Å². The number of rotatable bonds is 1. The van der Waals surface area contributed by atoms with Crippen molar-refractivity contribution in [1.82, 2.24) is 5.32 Å². The van der Waals surface area contributed by atoms with Crippen molar-refractivity contribution < 1.29 is 4.79 Å². The molecule has 0 radical (unpaired) electrons. The predicted molar refractivity (Wildman–Crippen MR) is 67.3 cm³/mol. The molecule has 0 aliphatic heterocycles. The Hall–Kier alpha value is -1.07. The Balaban J connectivity index is 2.75. The van der Waals surface area contributed by atoms with Crippen molar-refractivity contribution in [2.45, 2.75) is 0 Å². The molecular formula is C10H9BrN2OS. The smallest absolute Gasteiger partial charge is 0.263 e. The summed E-state index contributed by atoms with van der Waals surface area (Å²) < 4.78 is 1.93. The van der Waals surface area contributed by atoms with Crippen LogP contribution in [-0.4, -0.2) is 13.0 Å². The van der Waals surface area contributed by atoms with Gasteiger partial charge in [0.05, 0.1) is 5.69 Å². The van der Waals surface area contributed by atoms with Crippen molar-refractivity contribution in [3.05, 3.63) is 27.5 Å². The number of halogens is 1. The van der Waals surface area contributed by atoms with Gasteiger partial charge < -0.3 is 11.1 Å². The van der Waals surface area contributed by atoms with Crippen LogP contribution in [0, 0.1) is 0 Å². The Labute approximate surface area is 99.4 Å². The van der Waals surface area contributed by atoms with Crippen LogP contribution >= 0.6 is 27.3 Å². The van der Waals surface area contributed by atoms with Gasteiger partial charge in [-0.05, 0) is 12.1 Å². The van der Waals surface area contributed by atoms with Gasteiger partial charge in [-0.2, -0.15) is 0 Å². The maximum atomic E-state index is 11.5. The summed E-state index contributed by atoms with van der Waals surface area (Å²) in [5.41, 5.74) is 6.48. The average molecular weight is 285 g/mol. The molecule has 2 rings (SSSR count). The topological polar surface area (TPSA) is 55.1 Å². The van der Waals surface area contributed by atoms with E-state index in [0.717, 1.165) is 14.6 Å². The number of nitrogens with one attached hydrogen (secondary N) is 1. The number of nitrogen functional groups attached to an aromatic ring is 1. The van der Waals surface area contributed by atoms with Crippen LogP contribution in [0.5, 0.6) is 0 Å². The molecule has 0 spiro atoms. The van der Waals surface area contributed by atoms with E-state index in [0.29, 0.717) is 10.6 Å². The number of nitrogens with two attached hydrogens (primary N) is 1. The highest BCUT2D eigenvalue weighted by molar-refractivity contribution is 9.10. The number of fused-ring (bicyclic) bond motifs is 1. The quantitative estimate of drug-likeness (QED) is 0.846. The molecule has 0 bridgehead atoms. The maximum Gasteiger partial charge on any atom is 0.263 e. The van der Waals surface area contributed by atoms with Gasteiger partial charge in [0.2, 0.25) is 0 Å². The van der Waals surface area contributed by atoms with Crippen molar-refractivity contribution in [2.24, 2.45) is 0 Å². The van der Waals surface area contributed by atoms with E-state index >= 15 is 0 Å². The lowest BCUT2D eigenvalue weighted by Crippen LogP contribution is -2.17. The Morgan fingerprint density at radius 1 is 1.53 bits per heavy atom. The summed E-state index contributed by atoms with van der Waals surface area (Å²) in [6, 6.07) is 5.79. The third kappa shape index (κ3) is 1.61. The van der Waals surface area contributed by atoms with Crippen LogP contribution < -0.4 is 11.1 Å². The van der Waals surface area contributed by atoms with Gasteiger partial charge in [-0.15, -0.1) is 11.3 Å². The van der Waals surface area contributed by atoms with E-state index in [9.17, 15) is 4.79 Å². The van der Waals surface area contributed by atoms with Crippen molar-refractivity contribution in [3.63, 3.8) is 0 Å². The summed E-state index contributed by atoms with van der Waals surface area (Å²) in [5.74, 6) is -0.138. The number of anilines is 1. The van der Waals surface area contributed by atoms with Crippen LogP contribution in [0.4, 0.5) is 5.69 Å². The number of carbonyl (C=O) groups is 1. The van der Waals surface area contributed by atoms with Crippen LogP contribution in [0.25, 0.3) is 10.1 Å². The summed E-state index contributed by atoms with van der Waals surface area (Å²) in [5, 5.41) is 3.50. The number of thiophene rings is 1. The molecule has 1 aromatic heterocycles. The second-order valence-electron chi connectivity index (χ2n) is 3.04. The lowest BCUT2D eigenvalue weighted by Gasteiger charge is -1.97. The average Bonchev–Trinajstić information content (AvgIpc) is 2.56. The minimum absolute atomic E-state index is 0.138. The third-order valence-electron chi connectivity index (χ3n) is 2.13. The third-order valence-corrected chi connectivity index (χ3v) is 3.97. The molecule has 2 aromatic rings. The second-order valence-corrected chi connectivity index (χ2v) is 4.94. The zero-order chi connectivity index (χ0) is 11.0. The van der Waals surface area contributed by atoms with Crippen LogP contribution in [0.2, 0.25) is 0 Å². The van der Waals surface area contributed by atoms with Crippen LogP contribution in [-0.2, 0) is 0 Å². The summed E-state index contributed by atoms with van der Waals surface area (Å²) in [6.07, 6.45) is 0. The van der Waals surface area contributed by atoms with Crippen LogP contribution in [0.1, 0.15) is 9.67 Å². The van der Waals surface area contributed by atoms with Gasteiger partial charge in [-0.3, -0.25) is 4.79 Å². The molecule has 0 aliphatic carbocycles. The van der Waals surface area contributed by atoms with Gasteiger partial charge in [0.25, 0.3) is 5.91 Å². The predicted octanol–water partition coefficient (Wildman–Crippen LogP) is 2.61. The standard InChI is InChI=1S/C10H9BrN2OS/c1-13-10(14)9-8(12)7-5(11)3-2-4-6(7)15-9/h2-4H,12H2,1H3,(H,13,14). The Morgan fingerprint density at radius 2 is 2.27 bits per heavy atom. The summed E-state index contributed by atoms with van der Waals surface area (Å²) in [7, 11) is 1.60. The highest BCUT2D eigenvalue weighted by Crippen LogP contribution is 2.37. The SMILES string of the molecule is CNC(=O)c1sc2cccc(Br)c2c1N. The van der Waals surface area contributed by atoms with E-state index in [1.165, 1.54) is 11.3 Å². The summed E-state index contributed by atoms with van der Waals surface area (Å²) in [4.78, 5) is 12.1.